The second kappa shape index (κ2) is 4.05. The molecule has 3 N–H and O–H groups in total. The number of aromatic nitrogens is 2. The van der Waals surface area contributed by atoms with Crippen molar-refractivity contribution in [3.8, 4) is 10.7 Å². The minimum absolute atomic E-state index is 0.00781. The third kappa shape index (κ3) is 1.94. The molecule has 0 saturated carbocycles. The Balaban J connectivity index is 2.36. The molecule has 0 aliphatic rings. The van der Waals surface area contributed by atoms with E-state index in [0.29, 0.717) is 5.69 Å². The van der Waals surface area contributed by atoms with E-state index in [-0.39, 0.29) is 5.84 Å². The summed E-state index contributed by atoms with van der Waals surface area (Å²) in [4.78, 5) is 8.34. The number of hydrogen-bond donors (Lipinski definition) is 2. The number of nitrogens with zero attached hydrogens (tertiary/aromatic N) is 3. The van der Waals surface area contributed by atoms with E-state index in [2.05, 4.69) is 15.1 Å². The van der Waals surface area contributed by atoms with Gasteiger partial charge in [-0.05, 0) is 12.1 Å². The van der Waals surface area contributed by atoms with Crippen LogP contribution in [-0.2, 0) is 0 Å². The molecular formula is C9H8N4OS. The molecule has 0 fully saturated rings. The average Bonchev–Trinajstić information content (AvgIpc) is 2.78. The first kappa shape index (κ1) is 9.60. The second-order valence-corrected chi connectivity index (χ2v) is 3.60. The highest BCUT2D eigenvalue weighted by atomic mass is 32.1. The Morgan fingerprint density at radius 2 is 2.33 bits per heavy atom. The predicted molar refractivity (Wildman–Crippen MR) is 57.9 cm³/mol. The Labute approximate surface area is 89.9 Å². The Morgan fingerprint density at radius 1 is 1.47 bits per heavy atom. The molecule has 0 bridgehead atoms. The van der Waals surface area contributed by atoms with Gasteiger partial charge in [-0.15, -0.1) is 11.3 Å². The highest BCUT2D eigenvalue weighted by molar-refractivity contribution is 7.13. The van der Waals surface area contributed by atoms with Crippen LogP contribution >= 0.6 is 11.3 Å². The fraction of sp³-hybridized carbons (Fsp3) is 0. The summed E-state index contributed by atoms with van der Waals surface area (Å²) < 4.78 is 0. The molecule has 6 heteroatoms. The first-order chi connectivity index (χ1) is 7.31. The zero-order valence-corrected chi connectivity index (χ0v) is 8.48. The van der Waals surface area contributed by atoms with E-state index in [1.807, 2.05) is 18.2 Å². The van der Waals surface area contributed by atoms with Crippen molar-refractivity contribution in [2.75, 3.05) is 0 Å². The van der Waals surface area contributed by atoms with Gasteiger partial charge in [0, 0.05) is 11.6 Å². The van der Waals surface area contributed by atoms with Gasteiger partial charge in [-0.2, -0.15) is 0 Å². The zero-order valence-electron chi connectivity index (χ0n) is 7.66. The summed E-state index contributed by atoms with van der Waals surface area (Å²) in [6, 6.07) is 5.57. The van der Waals surface area contributed by atoms with Crippen molar-refractivity contribution in [1.29, 1.82) is 0 Å². The second-order valence-electron chi connectivity index (χ2n) is 2.74. The Kier molecular flexibility index (Phi) is 2.59. The third-order valence-electron chi connectivity index (χ3n) is 1.76. The summed E-state index contributed by atoms with van der Waals surface area (Å²) in [6.45, 7) is 0. The number of hydrogen-bond acceptors (Lipinski definition) is 5. The molecule has 0 amide bonds. The molecule has 2 heterocycles. The van der Waals surface area contributed by atoms with E-state index < -0.39 is 0 Å². The van der Waals surface area contributed by atoms with Crippen LogP contribution in [0.2, 0.25) is 0 Å². The van der Waals surface area contributed by atoms with Crippen molar-refractivity contribution in [3.05, 3.63) is 35.5 Å². The van der Waals surface area contributed by atoms with Crippen LogP contribution in [0.25, 0.3) is 10.7 Å². The van der Waals surface area contributed by atoms with Crippen molar-refractivity contribution in [1.82, 2.24) is 9.97 Å². The molecular weight excluding hydrogens is 212 g/mol. The third-order valence-corrected chi connectivity index (χ3v) is 2.62. The first-order valence-electron chi connectivity index (χ1n) is 4.16. The van der Waals surface area contributed by atoms with E-state index in [0.717, 1.165) is 10.7 Å². The molecule has 0 atom stereocenters. The van der Waals surface area contributed by atoms with Gasteiger partial charge in [-0.3, -0.25) is 4.98 Å². The molecule has 0 spiro atoms. The number of oxime groups is 1. The van der Waals surface area contributed by atoms with Gasteiger partial charge < -0.3 is 10.9 Å². The molecule has 15 heavy (non-hydrogen) atoms. The molecule has 2 rings (SSSR count). The van der Waals surface area contributed by atoms with Crippen molar-refractivity contribution in [2.24, 2.45) is 10.9 Å². The summed E-state index contributed by atoms with van der Waals surface area (Å²) in [6.07, 6.45) is 1.69. The zero-order chi connectivity index (χ0) is 10.7. The van der Waals surface area contributed by atoms with Crippen LogP contribution in [0.1, 0.15) is 5.69 Å². The smallest absolute Gasteiger partial charge is 0.189 e. The van der Waals surface area contributed by atoms with E-state index >= 15 is 0 Å². The van der Waals surface area contributed by atoms with Crippen molar-refractivity contribution in [3.63, 3.8) is 0 Å². The maximum absolute atomic E-state index is 8.48. The van der Waals surface area contributed by atoms with Crippen LogP contribution in [0.4, 0.5) is 0 Å². The molecule has 0 unspecified atom stereocenters. The minimum atomic E-state index is 0.00781. The minimum Gasteiger partial charge on any atom is -0.409 e. The lowest BCUT2D eigenvalue weighted by molar-refractivity contribution is 0.318. The normalized spacial score (nSPS) is 11.6. The van der Waals surface area contributed by atoms with Gasteiger partial charge in [0.25, 0.3) is 0 Å². The number of thiazole rings is 1. The Hall–Kier alpha value is -1.95. The molecule has 0 aliphatic heterocycles. The van der Waals surface area contributed by atoms with Crippen LogP contribution < -0.4 is 5.73 Å². The van der Waals surface area contributed by atoms with Gasteiger partial charge in [-0.1, -0.05) is 11.2 Å². The van der Waals surface area contributed by atoms with Gasteiger partial charge in [0.2, 0.25) is 0 Å². The van der Waals surface area contributed by atoms with Gasteiger partial charge in [0.15, 0.2) is 5.84 Å². The average molecular weight is 220 g/mol. The summed E-state index contributed by atoms with van der Waals surface area (Å²) in [5.41, 5.74) is 6.65. The van der Waals surface area contributed by atoms with Crippen LogP contribution in [0.5, 0.6) is 0 Å². The van der Waals surface area contributed by atoms with Crippen molar-refractivity contribution < 1.29 is 5.21 Å². The lowest BCUT2D eigenvalue weighted by Gasteiger charge is -1.92. The SMILES string of the molecule is N/C(=N\O)c1csc(-c2ccccn2)n1. The van der Waals surface area contributed by atoms with Gasteiger partial charge in [-0.25, -0.2) is 4.98 Å². The number of amidine groups is 1. The van der Waals surface area contributed by atoms with Crippen LogP contribution in [0.15, 0.2) is 34.9 Å². The van der Waals surface area contributed by atoms with Crippen molar-refractivity contribution >= 4 is 17.2 Å². The fourth-order valence-electron chi connectivity index (χ4n) is 1.05. The van der Waals surface area contributed by atoms with Crippen molar-refractivity contribution in [2.45, 2.75) is 0 Å². The maximum atomic E-state index is 8.48. The summed E-state index contributed by atoms with van der Waals surface area (Å²) in [7, 11) is 0. The monoisotopic (exact) mass is 220 g/mol. The maximum Gasteiger partial charge on any atom is 0.189 e. The number of rotatable bonds is 2. The Morgan fingerprint density at radius 3 is 3.00 bits per heavy atom. The number of pyridine rings is 1. The highest BCUT2D eigenvalue weighted by Gasteiger charge is 2.07. The molecule has 0 radical (unpaired) electrons. The van der Waals surface area contributed by atoms with E-state index in [1.165, 1.54) is 11.3 Å². The summed E-state index contributed by atoms with van der Waals surface area (Å²) >= 11 is 1.40. The van der Waals surface area contributed by atoms with Gasteiger partial charge in [0.05, 0.1) is 5.69 Å². The molecule has 0 aromatic carbocycles. The fourth-order valence-corrected chi connectivity index (χ4v) is 1.84. The van der Waals surface area contributed by atoms with E-state index in [9.17, 15) is 0 Å². The van der Waals surface area contributed by atoms with E-state index in [4.69, 9.17) is 10.9 Å². The largest absolute Gasteiger partial charge is 0.409 e. The molecule has 0 saturated heterocycles. The molecule has 2 aromatic heterocycles. The molecule has 76 valence electrons. The van der Waals surface area contributed by atoms with Crippen LogP contribution in [0.3, 0.4) is 0 Å². The number of nitrogens with two attached hydrogens (primary N) is 1. The lowest BCUT2D eigenvalue weighted by atomic mass is 10.3. The molecule has 0 aliphatic carbocycles. The summed E-state index contributed by atoms with van der Waals surface area (Å²) in [5, 5.41) is 13.8. The summed E-state index contributed by atoms with van der Waals surface area (Å²) in [5.74, 6) is 0.00781. The van der Waals surface area contributed by atoms with E-state index in [1.54, 1.807) is 11.6 Å². The topological polar surface area (TPSA) is 84.4 Å². The molecule has 2 aromatic rings. The van der Waals surface area contributed by atoms with Crippen LogP contribution in [0, 0.1) is 0 Å². The Bertz CT molecular complexity index is 480. The predicted octanol–water partition coefficient (Wildman–Crippen LogP) is 1.30. The lowest BCUT2D eigenvalue weighted by Crippen LogP contribution is -2.13. The standard InChI is InChI=1S/C9H8N4OS/c10-8(13-14)7-5-15-9(12-7)6-3-1-2-4-11-6/h1-5,14H,(H2,10,13). The molecule has 5 nitrogen and oxygen atoms in total. The first-order valence-corrected chi connectivity index (χ1v) is 5.04. The quantitative estimate of drug-likeness (QED) is 0.346. The van der Waals surface area contributed by atoms with Gasteiger partial charge >= 0.3 is 0 Å². The van der Waals surface area contributed by atoms with Crippen LogP contribution in [-0.4, -0.2) is 21.0 Å². The highest BCUT2D eigenvalue weighted by Crippen LogP contribution is 2.20. The van der Waals surface area contributed by atoms with Gasteiger partial charge in [0.1, 0.15) is 10.7 Å².